The van der Waals surface area contributed by atoms with Crippen LogP contribution < -0.4 is 5.32 Å². The molecular formula is C18H10F4N2O3S. The number of hydrogen-bond acceptors (Lipinski definition) is 4. The van der Waals surface area contributed by atoms with Crippen molar-refractivity contribution >= 4 is 40.6 Å². The molecule has 2 aromatic rings. The number of halogens is 4. The Morgan fingerprint density at radius 3 is 2.54 bits per heavy atom. The van der Waals surface area contributed by atoms with Gasteiger partial charge in [0, 0.05) is 0 Å². The van der Waals surface area contributed by atoms with E-state index in [0.29, 0.717) is 28.3 Å². The van der Waals surface area contributed by atoms with Crippen molar-refractivity contribution in [3.63, 3.8) is 0 Å². The van der Waals surface area contributed by atoms with Crippen LogP contribution in [0.1, 0.15) is 5.56 Å². The summed E-state index contributed by atoms with van der Waals surface area (Å²) in [6, 6.07) is 6.75. The third-order valence-corrected chi connectivity index (χ3v) is 4.54. The molecule has 0 atom stereocenters. The second-order valence-electron chi connectivity index (χ2n) is 5.59. The zero-order chi connectivity index (χ0) is 20.4. The molecule has 1 N–H and O–H groups in total. The average Bonchev–Trinajstić information content (AvgIpc) is 2.90. The first-order chi connectivity index (χ1) is 13.3. The molecule has 0 radical (unpaired) electrons. The minimum absolute atomic E-state index is 0.0255. The average molecular weight is 410 g/mol. The van der Waals surface area contributed by atoms with Gasteiger partial charge in [0.2, 0.25) is 5.91 Å². The van der Waals surface area contributed by atoms with Crippen LogP contribution in [0.2, 0.25) is 0 Å². The summed E-state index contributed by atoms with van der Waals surface area (Å²) >= 11 is 0.551. The number of hydrogen-bond donors (Lipinski definition) is 1. The highest BCUT2D eigenvalue weighted by molar-refractivity contribution is 8.18. The minimum atomic E-state index is -1.76. The second-order valence-corrected chi connectivity index (χ2v) is 6.59. The van der Waals surface area contributed by atoms with Gasteiger partial charge in [-0.05, 0) is 47.7 Å². The van der Waals surface area contributed by atoms with Crippen molar-refractivity contribution in [1.82, 2.24) is 4.90 Å². The maximum absolute atomic E-state index is 13.6. The summed E-state index contributed by atoms with van der Waals surface area (Å²) in [5.74, 6) is -7.10. The fourth-order valence-corrected chi connectivity index (χ4v) is 3.18. The summed E-state index contributed by atoms with van der Waals surface area (Å²) in [6.07, 6.45) is 1.29. The molecule has 144 valence electrons. The lowest BCUT2D eigenvalue weighted by Crippen LogP contribution is -2.36. The van der Waals surface area contributed by atoms with Gasteiger partial charge >= 0.3 is 0 Å². The van der Waals surface area contributed by atoms with E-state index < -0.39 is 52.6 Å². The van der Waals surface area contributed by atoms with Gasteiger partial charge in [0.15, 0.2) is 17.5 Å². The topological polar surface area (TPSA) is 66.5 Å². The second kappa shape index (κ2) is 7.85. The molecule has 0 spiro atoms. The highest BCUT2D eigenvalue weighted by Crippen LogP contribution is 2.32. The summed E-state index contributed by atoms with van der Waals surface area (Å²) in [6.45, 7) is -0.760. The summed E-state index contributed by atoms with van der Waals surface area (Å²) in [7, 11) is 0. The molecule has 1 saturated heterocycles. The van der Waals surface area contributed by atoms with Crippen LogP contribution in [0.3, 0.4) is 0 Å². The Kier molecular flexibility index (Phi) is 5.50. The predicted octanol–water partition coefficient (Wildman–Crippen LogP) is 3.92. The molecular weight excluding hydrogens is 400 g/mol. The summed E-state index contributed by atoms with van der Waals surface area (Å²) in [5, 5.41) is 1.22. The molecule has 1 fully saturated rings. The normalized spacial score (nSPS) is 15.4. The van der Waals surface area contributed by atoms with Crippen LogP contribution >= 0.6 is 11.8 Å². The first-order valence-corrected chi connectivity index (χ1v) is 8.52. The monoisotopic (exact) mass is 410 g/mol. The highest BCUT2D eigenvalue weighted by atomic mass is 32.2. The first kappa shape index (κ1) is 19.6. The van der Waals surface area contributed by atoms with Crippen molar-refractivity contribution in [3.8, 4) is 0 Å². The van der Waals surface area contributed by atoms with Gasteiger partial charge in [-0.15, -0.1) is 0 Å². The molecule has 10 heteroatoms. The Balaban J connectivity index is 1.72. The van der Waals surface area contributed by atoms with Crippen LogP contribution in [0.25, 0.3) is 6.08 Å². The van der Waals surface area contributed by atoms with Gasteiger partial charge in [-0.3, -0.25) is 19.3 Å². The van der Waals surface area contributed by atoms with E-state index in [1.807, 2.05) is 5.32 Å². The van der Waals surface area contributed by atoms with E-state index in [4.69, 9.17) is 0 Å². The number of carbonyl (C=O) groups is 3. The van der Waals surface area contributed by atoms with Gasteiger partial charge in [-0.1, -0.05) is 12.1 Å². The van der Waals surface area contributed by atoms with E-state index in [9.17, 15) is 31.9 Å². The van der Waals surface area contributed by atoms with Crippen LogP contribution in [0, 0.1) is 23.3 Å². The minimum Gasteiger partial charge on any atom is -0.322 e. The van der Waals surface area contributed by atoms with Gasteiger partial charge in [0.1, 0.15) is 12.4 Å². The molecule has 0 unspecified atom stereocenters. The molecule has 1 aliphatic heterocycles. The molecule has 28 heavy (non-hydrogen) atoms. The third kappa shape index (κ3) is 4.06. The standard InChI is InChI=1S/C18H10F4N2O3S/c19-10-3-1-2-9(6-10)7-13-17(26)24(18(27)28-13)8-14(25)23-12-5-4-11(20)15(21)16(12)22/h1-7H,8H2,(H,23,25)/b13-7+. The Morgan fingerprint density at radius 1 is 1.07 bits per heavy atom. The fraction of sp³-hybridized carbons (Fsp3) is 0.0556. The lowest BCUT2D eigenvalue weighted by atomic mass is 10.2. The Morgan fingerprint density at radius 2 is 1.82 bits per heavy atom. The summed E-state index contributed by atoms with van der Waals surface area (Å²) in [4.78, 5) is 36.9. The number of imide groups is 1. The molecule has 0 aromatic heterocycles. The third-order valence-electron chi connectivity index (χ3n) is 3.63. The smallest absolute Gasteiger partial charge is 0.294 e. The van der Waals surface area contributed by atoms with E-state index in [1.165, 1.54) is 24.3 Å². The van der Waals surface area contributed by atoms with Gasteiger partial charge in [-0.2, -0.15) is 0 Å². The number of carbonyl (C=O) groups excluding carboxylic acids is 3. The van der Waals surface area contributed by atoms with Crippen LogP contribution in [0.5, 0.6) is 0 Å². The Labute approximate surface area is 160 Å². The molecule has 2 aromatic carbocycles. The van der Waals surface area contributed by atoms with Crippen molar-refractivity contribution in [2.24, 2.45) is 0 Å². The van der Waals surface area contributed by atoms with Crippen molar-refractivity contribution < 1.29 is 31.9 Å². The number of benzene rings is 2. The number of anilines is 1. The van der Waals surface area contributed by atoms with Gasteiger partial charge in [0.05, 0.1) is 10.6 Å². The molecule has 0 aliphatic carbocycles. The molecule has 0 saturated carbocycles. The quantitative estimate of drug-likeness (QED) is 0.472. The van der Waals surface area contributed by atoms with Gasteiger partial charge < -0.3 is 5.32 Å². The van der Waals surface area contributed by atoms with E-state index in [-0.39, 0.29) is 4.91 Å². The van der Waals surface area contributed by atoms with Crippen molar-refractivity contribution in [2.75, 3.05) is 11.9 Å². The van der Waals surface area contributed by atoms with Crippen molar-refractivity contribution in [2.45, 2.75) is 0 Å². The molecule has 0 bridgehead atoms. The number of thioether (sulfide) groups is 1. The molecule has 1 aliphatic rings. The fourth-order valence-electron chi connectivity index (χ4n) is 2.34. The zero-order valence-electron chi connectivity index (χ0n) is 13.8. The number of rotatable bonds is 4. The Bertz CT molecular complexity index is 1030. The van der Waals surface area contributed by atoms with Crippen LogP contribution in [0.15, 0.2) is 41.3 Å². The molecule has 3 amide bonds. The highest BCUT2D eigenvalue weighted by Gasteiger charge is 2.36. The van der Waals surface area contributed by atoms with Crippen LogP contribution in [-0.4, -0.2) is 28.5 Å². The summed E-state index contributed by atoms with van der Waals surface area (Å²) < 4.78 is 52.9. The van der Waals surface area contributed by atoms with Crippen molar-refractivity contribution in [3.05, 3.63) is 70.1 Å². The van der Waals surface area contributed by atoms with Crippen molar-refractivity contribution in [1.29, 1.82) is 0 Å². The van der Waals surface area contributed by atoms with E-state index in [1.54, 1.807) is 0 Å². The van der Waals surface area contributed by atoms with Gasteiger partial charge in [-0.25, -0.2) is 17.6 Å². The van der Waals surface area contributed by atoms with E-state index >= 15 is 0 Å². The lowest BCUT2D eigenvalue weighted by Gasteiger charge is -2.13. The van der Waals surface area contributed by atoms with E-state index in [2.05, 4.69) is 0 Å². The van der Waals surface area contributed by atoms with E-state index in [0.717, 1.165) is 12.1 Å². The maximum Gasteiger partial charge on any atom is 0.294 e. The van der Waals surface area contributed by atoms with Gasteiger partial charge in [0.25, 0.3) is 11.1 Å². The SMILES string of the molecule is O=C(CN1C(=O)S/C(=C/c2cccc(F)c2)C1=O)Nc1ccc(F)c(F)c1F. The molecule has 1 heterocycles. The van der Waals surface area contributed by atoms with Crippen LogP contribution in [0.4, 0.5) is 28.0 Å². The first-order valence-electron chi connectivity index (χ1n) is 7.70. The predicted molar refractivity (Wildman–Crippen MR) is 94.0 cm³/mol. The molecule has 3 rings (SSSR count). The van der Waals surface area contributed by atoms with Crippen LogP contribution in [-0.2, 0) is 9.59 Å². The lowest BCUT2D eigenvalue weighted by molar-refractivity contribution is -0.127. The zero-order valence-corrected chi connectivity index (χ0v) is 14.7. The maximum atomic E-state index is 13.6. The number of nitrogens with zero attached hydrogens (tertiary/aromatic N) is 1. The Hall–Kier alpha value is -3.14. The largest absolute Gasteiger partial charge is 0.322 e. The molecule has 5 nitrogen and oxygen atoms in total. The number of amides is 3. The summed E-state index contributed by atoms with van der Waals surface area (Å²) in [5.41, 5.74) is -0.287. The number of nitrogens with one attached hydrogen (secondary N) is 1.